The zero-order valence-electron chi connectivity index (χ0n) is 13.3. The van der Waals surface area contributed by atoms with E-state index in [1.54, 1.807) is 27.7 Å². The summed E-state index contributed by atoms with van der Waals surface area (Å²) in [7, 11) is 0. The number of carbonyl (C=O) groups excluding carboxylic acids is 2. The Labute approximate surface area is 126 Å². The van der Waals surface area contributed by atoms with Crippen molar-refractivity contribution in [2.45, 2.75) is 52.7 Å². The van der Waals surface area contributed by atoms with Crippen LogP contribution in [0.1, 0.15) is 39.7 Å². The molecule has 0 aromatic heterocycles. The van der Waals surface area contributed by atoms with Crippen molar-refractivity contribution < 1.29 is 14.3 Å². The Hall–Kier alpha value is -2.04. The summed E-state index contributed by atoms with van der Waals surface area (Å²) in [4.78, 5) is 23.5. The number of benzene rings is 1. The van der Waals surface area contributed by atoms with Gasteiger partial charge in [-0.2, -0.15) is 0 Å². The maximum atomic E-state index is 11.9. The maximum absolute atomic E-state index is 11.9. The van der Waals surface area contributed by atoms with Gasteiger partial charge < -0.3 is 15.4 Å². The Balaban J connectivity index is 2.44. The smallest absolute Gasteiger partial charge is 0.407 e. The van der Waals surface area contributed by atoms with E-state index in [9.17, 15) is 9.59 Å². The molecule has 1 rings (SSSR count). The second kappa shape index (κ2) is 7.11. The molecule has 1 atom stereocenters. The third-order valence-electron chi connectivity index (χ3n) is 2.67. The van der Waals surface area contributed by atoms with E-state index in [0.29, 0.717) is 0 Å². The van der Waals surface area contributed by atoms with Crippen LogP contribution >= 0.6 is 0 Å². The van der Waals surface area contributed by atoms with Crippen LogP contribution in [0.25, 0.3) is 0 Å². The number of rotatable bonds is 4. The lowest BCUT2D eigenvalue weighted by atomic mass is 10.2. The van der Waals surface area contributed by atoms with Gasteiger partial charge in [0.15, 0.2) is 0 Å². The van der Waals surface area contributed by atoms with E-state index in [-0.39, 0.29) is 18.4 Å². The number of alkyl carbamates (subject to hydrolysis) is 1. The van der Waals surface area contributed by atoms with Gasteiger partial charge >= 0.3 is 6.09 Å². The molecule has 5 heteroatoms. The summed E-state index contributed by atoms with van der Waals surface area (Å²) in [6.45, 7) is 9.08. The molecule has 5 nitrogen and oxygen atoms in total. The number of nitrogens with one attached hydrogen (secondary N) is 2. The highest BCUT2D eigenvalue weighted by Crippen LogP contribution is 2.13. The highest BCUT2D eigenvalue weighted by atomic mass is 16.6. The Morgan fingerprint density at radius 3 is 2.43 bits per heavy atom. The molecule has 0 spiro atoms. The molecule has 2 N–H and O–H groups in total. The van der Waals surface area contributed by atoms with Crippen LogP contribution in [0.15, 0.2) is 24.3 Å². The molecule has 0 aliphatic heterocycles. The Kier molecular flexibility index (Phi) is 5.76. The topological polar surface area (TPSA) is 67.4 Å². The van der Waals surface area contributed by atoms with Gasteiger partial charge in [-0.25, -0.2) is 4.79 Å². The second-order valence-corrected chi connectivity index (χ2v) is 6.11. The van der Waals surface area contributed by atoms with E-state index in [4.69, 9.17) is 4.74 Å². The van der Waals surface area contributed by atoms with Crippen LogP contribution in [-0.4, -0.2) is 23.6 Å². The summed E-state index contributed by atoms with van der Waals surface area (Å²) in [5, 5.41) is 5.48. The largest absolute Gasteiger partial charge is 0.444 e. The van der Waals surface area contributed by atoms with Crippen molar-refractivity contribution in [2.24, 2.45) is 0 Å². The van der Waals surface area contributed by atoms with Gasteiger partial charge in [-0.15, -0.1) is 0 Å². The van der Waals surface area contributed by atoms with Crippen LogP contribution in [0.5, 0.6) is 0 Å². The number of ether oxygens (including phenoxy) is 1. The van der Waals surface area contributed by atoms with Crippen molar-refractivity contribution in [3.8, 4) is 0 Å². The first-order valence-corrected chi connectivity index (χ1v) is 7.02. The summed E-state index contributed by atoms with van der Waals surface area (Å²) in [5.74, 6) is -0.146. The van der Waals surface area contributed by atoms with Crippen molar-refractivity contribution in [3.63, 3.8) is 0 Å². The number of para-hydroxylation sites is 1. The predicted molar refractivity (Wildman–Crippen MR) is 83.3 cm³/mol. The first kappa shape index (κ1) is 17.0. The van der Waals surface area contributed by atoms with Crippen molar-refractivity contribution in [1.82, 2.24) is 5.32 Å². The number of amides is 2. The molecule has 0 heterocycles. The van der Waals surface area contributed by atoms with Crippen LogP contribution in [0.2, 0.25) is 0 Å². The number of carbonyl (C=O) groups is 2. The fourth-order valence-corrected chi connectivity index (χ4v) is 1.75. The van der Waals surface area contributed by atoms with Crippen molar-refractivity contribution >= 4 is 17.7 Å². The molecule has 0 aliphatic rings. The van der Waals surface area contributed by atoms with E-state index >= 15 is 0 Å². The molecule has 0 aliphatic carbocycles. The summed E-state index contributed by atoms with van der Waals surface area (Å²) < 4.78 is 5.15. The quantitative estimate of drug-likeness (QED) is 0.895. The van der Waals surface area contributed by atoms with Gasteiger partial charge in [0.05, 0.1) is 0 Å². The highest BCUT2D eigenvalue weighted by molar-refractivity contribution is 5.92. The molecule has 0 fully saturated rings. The summed E-state index contributed by atoms with van der Waals surface area (Å²) >= 11 is 0. The van der Waals surface area contributed by atoms with Crippen molar-refractivity contribution in [3.05, 3.63) is 29.8 Å². The third kappa shape index (κ3) is 6.79. The predicted octanol–water partition coefficient (Wildman–Crippen LogP) is 3.24. The molecule has 21 heavy (non-hydrogen) atoms. The summed E-state index contributed by atoms with van der Waals surface area (Å²) in [5.41, 5.74) is 1.23. The van der Waals surface area contributed by atoms with Crippen molar-refractivity contribution in [2.75, 3.05) is 5.32 Å². The number of aryl methyl sites for hydroxylation is 1. The van der Waals surface area contributed by atoms with Gasteiger partial charge in [0.2, 0.25) is 5.91 Å². The first-order chi connectivity index (χ1) is 9.67. The van der Waals surface area contributed by atoms with E-state index in [1.807, 2.05) is 31.2 Å². The van der Waals surface area contributed by atoms with E-state index in [0.717, 1.165) is 11.3 Å². The fraction of sp³-hybridized carbons (Fsp3) is 0.500. The van der Waals surface area contributed by atoms with Gasteiger partial charge in [-0.05, 0) is 46.2 Å². The highest BCUT2D eigenvalue weighted by Gasteiger charge is 2.19. The normalized spacial score (nSPS) is 12.4. The van der Waals surface area contributed by atoms with Gasteiger partial charge in [0, 0.05) is 18.2 Å². The number of hydrogen-bond donors (Lipinski definition) is 2. The average molecular weight is 292 g/mol. The minimum Gasteiger partial charge on any atom is -0.444 e. The minimum absolute atomic E-state index is 0.146. The zero-order valence-corrected chi connectivity index (χ0v) is 13.3. The first-order valence-electron chi connectivity index (χ1n) is 7.02. The molecular weight excluding hydrogens is 268 g/mol. The standard InChI is InChI=1S/C16H24N2O3/c1-11-8-6-7-9-13(11)18-14(19)10-12(2)17-15(20)21-16(3,4)5/h6-9,12H,10H2,1-5H3,(H,17,20)(H,18,19)/t12-/m0/s1. The van der Waals surface area contributed by atoms with Crippen LogP contribution in [0.3, 0.4) is 0 Å². The van der Waals surface area contributed by atoms with E-state index in [1.165, 1.54) is 0 Å². The third-order valence-corrected chi connectivity index (χ3v) is 2.67. The van der Waals surface area contributed by atoms with E-state index < -0.39 is 11.7 Å². The van der Waals surface area contributed by atoms with Crippen molar-refractivity contribution in [1.29, 1.82) is 0 Å². The number of hydrogen-bond acceptors (Lipinski definition) is 3. The SMILES string of the molecule is Cc1ccccc1NC(=O)C[C@H](C)NC(=O)OC(C)(C)C. The Morgan fingerprint density at radius 1 is 1.24 bits per heavy atom. The molecule has 116 valence electrons. The molecule has 0 unspecified atom stereocenters. The lowest BCUT2D eigenvalue weighted by Crippen LogP contribution is -2.39. The average Bonchev–Trinajstić information content (AvgIpc) is 2.28. The summed E-state index contributed by atoms with van der Waals surface area (Å²) in [6, 6.07) is 7.25. The van der Waals surface area contributed by atoms with Crippen LogP contribution in [0, 0.1) is 6.92 Å². The van der Waals surface area contributed by atoms with E-state index in [2.05, 4.69) is 10.6 Å². The van der Waals surface area contributed by atoms with Crippen LogP contribution < -0.4 is 10.6 Å². The van der Waals surface area contributed by atoms with Gasteiger partial charge in [0.1, 0.15) is 5.60 Å². The molecule has 2 amide bonds. The molecule has 0 saturated carbocycles. The van der Waals surface area contributed by atoms with Crippen LogP contribution in [0.4, 0.5) is 10.5 Å². The van der Waals surface area contributed by atoms with Crippen LogP contribution in [-0.2, 0) is 9.53 Å². The summed E-state index contributed by atoms with van der Waals surface area (Å²) in [6.07, 6.45) is -0.327. The lowest BCUT2D eigenvalue weighted by molar-refractivity contribution is -0.116. The Morgan fingerprint density at radius 2 is 1.86 bits per heavy atom. The molecule has 0 saturated heterocycles. The zero-order chi connectivity index (χ0) is 16.0. The maximum Gasteiger partial charge on any atom is 0.407 e. The minimum atomic E-state index is -0.548. The molecule has 1 aromatic rings. The lowest BCUT2D eigenvalue weighted by Gasteiger charge is -2.21. The Bertz CT molecular complexity index is 506. The monoisotopic (exact) mass is 292 g/mol. The molecule has 0 bridgehead atoms. The second-order valence-electron chi connectivity index (χ2n) is 6.11. The molecule has 0 radical (unpaired) electrons. The van der Waals surface area contributed by atoms with Gasteiger partial charge in [0.25, 0.3) is 0 Å². The van der Waals surface area contributed by atoms with Gasteiger partial charge in [-0.1, -0.05) is 18.2 Å². The molecule has 1 aromatic carbocycles. The molecular formula is C16H24N2O3. The number of anilines is 1. The fourth-order valence-electron chi connectivity index (χ4n) is 1.75. The van der Waals surface area contributed by atoms with Gasteiger partial charge in [-0.3, -0.25) is 4.79 Å².